The molecule has 0 radical (unpaired) electrons. The molecule has 0 saturated heterocycles. The molecule has 6 rings (SSSR count). The zero-order chi connectivity index (χ0) is 29.6. The van der Waals surface area contributed by atoms with Crippen molar-refractivity contribution < 1.29 is 48.0 Å². The number of hydrogen-bond donors (Lipinski definition) is 0. The van der Waals surface area contributed by atoms with Gasteiger partial charge in [-0.25, -0.2) is 0 Å². The molecule has 3 heteroatoms. The van der Waals surface area contributed by atoms with Gasteiger partial charge in [-0.05, 0) is 0 Å². The molecule has 0 bridgehead atoms. The van der Waals surface area contributed by atoms with Crippen molar-refractivity contribution in [3.63, 3.8) is 0 Å². The van der Waals surface area contributed by atoms with Crippen molar-refractivity contribution in [1.82, 2.24) is 0 Å². The van der Waals surface area contributed by atoms with E-state index < -0.39 is 23.2 Å². The Kier molecular flexibility index (Phi) is 11.2. The van der Waals surface area contributed by atoms with Crippen molar-refractivity contribution >= 4 is 15.4 Å². The largest absolute Gasteiger partial charge is 1.00 e. The predicted octanol–water partition coefficient (Wildman–Crippen LogP) is 3.49. The van der Waals surface area contributed by atoms with Gasteiger partial charge in [0.1, 0.15) is 0 Å². The second-order valence-electron chi connectivity index (χ2n) is 15.0. The number of allylic oxidation sites excluding steroid dienone is 4. The van der Waals surface area contributed by atoms with Gasteiger partial charge in [0.15, 0.2) is 0 Å². The molecule has 3 aliphatic carbocycles. The average molecular weight is 703 g/mol. The molecule has 0 nitrogen and oxygen atoms in total. The molecular formula is C41H48Cl2Zr. The summed E-state index contributed by atoms with van der Waals surface area (Å²) in [4.78, 5) is 0. The molecule has 1 atom stereocenters. The average Bonchev–Trinajstić information content (AvgIpc) is 3.59. The van der Waals surface area contributed by atoms with Crippen LogP contribution in [-0.4, -0.2) is 0 Å². The van der Waals surface area contributed by atoms with Gasteiger partial charge in [0.25, 0.3) is 0 Å². The minimum atomic E-state index is -1.01. The molecule has 1 unspecified atom stereocenters. The van der Waals surface area contributed by atoms with Crippen molar-refractivity contribution in [2.75, 3.05) is 0 Å². The molecule has 0 N–H and O–H groups in total. The van der Waals surface area contributed by atoms with Crippen molar-refractivity contribution in [1.29, 1.82) is 0 Å². The minimum Gasteiger partial charge on any atom is -1.00 e. The summed E-state index contributed by atoms with van der Waals surface area (Å²) < 4.78 is 2.55. The van der Waals surface area contributed by atoms with Crippen molar-refractivity contribution in [3.8, 4) is 0 Å². The third kappa shape index (κ3) is 7.02. The third-order valence-corrected chi connectivity index (χ3v) is 14.4. The van der Waals surface area contributed by atoms with Gasteiger partial charge in [-0.1, -0.05) is 0 Å². The first-order chi connectivity index (χ1) is 20.0. The maximum atomic E-state index is 4.84. The van der Waals surface area contributed by atoms with E-state index in [4.69, 9.17) is 6.58 Å². The number of rotatable bonds is 6. The van der Waals surface area contributed by atoms with Crippen molar-refractivity contribution in [3.05, 3.63) is 122 Å². The van der Waals surface area contributed by atoms with Gasteiger partial charge in [0, 0.05) is 0 Å². The predicted molar refractivity (Wildman–Crippen MR) is 177 cm³/mol. The molecule has 230 valence electrons. The maximum Gasteiger partial charge on any atom is -1.00 e. The van der Waals surface area contributed by atoms with Gasteiger partial charge < -0.3 is 24.8 Å². The van der Waals surface area contributed by atoms with E-state index in [0.717, 1.165) is 16.0 Å². The smallest absolute Gasteiger partial charge is 1.00 e. The first-order valence-electron chi connectivity index (χ1n) is 16.2. The molecule has 0 aromatic heterocycles. The summed E-state index contributed by atoms with van der Waals surface area (Å²) in [7, 11) is 0. The molecule has 0 heterocycles. The summed E-state index contributed by atoms with van der Waals surface area (Å²) in [5.74, 6) is 0.864. The first kappa shape index (κ1) is 35.2. The Bertz CT molecular complexity index is 1760. The van der Waals surface area contributed by atoms with Crippen LogP contribution in [0.4, 0.5) is 0 Å². The van der Waals surface area contributed by atoms with E-state index in [0.29, 0.717) is 0 Å². The fourth-order valence-electron chi connectivity index (χ4n) is 7.51. The fraction of sp³-hybridized carbons (Fsp3) is 0.415. The number of hydrogen-bond acceptors (Lipinski definition) is 0. The van der Waals surface area contributed by atoms with Crippen LogP contribution in [0.3, 0.4) is 0 Å². The second-order valence-corrected chi connectivity index (χ2v) is 18.8. The van der Waals surface area contributed by atoms with E-state index in [-0.39, 0.29) is 35.6 Å². The van der Waals surface area contributed by atoms with E-state index in [1.807, 2.05) is 0 Å². The Balaban J connectivity index is 0.00000221. The van der Waals surface area contributed by atoms with Crippen LogP contribution >= 0.6 is 0 Å². The molecule has 0 amide bonds. The summed E-state index contributed by atoms with van der Waals surface area (Å²) in [6, 6.07) is 21.4. The van der Waals surface area contributed by atoms with Gasteiger partial charge in [-0.2, -0.15) is 0 Å². The Labute approximate surface area is 289 Å². The summed E-state index contributed by atoms with van der Waals surface area (Å²) in [6.45, 7) is 19.0. The van der Waals surface area contributed by atoms with E-state index in [2.05, 4.69) is 114 Å². The van der Waals surface area contributed by atoms with Crippen LogP contribution < -0.4 is 35.3 Å². The molecule has 1 saturated carbocycles. The van der Waals surface area contributed by atoms with Crippen LogP contribution in [0.15, 0.2) is 72.8 Å². The molecule has 1 fully saturated rings. The quantitative estimate of drug-likeness (QED) is 0.370. The number of fused-ring (bicyclic) bond motifs is 2. The topological polar surface area (TPSA) is 0 Å². The van der Waals surface area contributed by atoms with Crippen molar-refractivity contribution in [2.24, 2.45) is 5.92 Å². The molecule has 44 heavy (non-hydrogen) atoms. The van der Waals surface area contributed by atoms with Gasteiger partial charge in [-0.3, -0.25) is 0 Å². The Morgan fingerprint density at radius 2 is 1.50 bits per heavy atom. The molecule has 3 aromatic rings. The van der Waals surface area contributed by atoms with Crippen LogP contribution in [0.25, 0.3) is 15.4 Å². The van der Waals surface area contributed by atoms with Gasteiger partial charge >= 0.3 is 267 Å². The zero-order valence-electron chi connectivity index (χ0n) is 27.5. The molecule has 3 aliphatic rings. The van der Waals surface area contributed by atoms with E-state index in [1.54, 1.807) is 8.84 Å². The fourth-order valence-corrected chi connectivity index (χ4v) is 12.6. The Morgan fingerprint density at radius 1 is 0.795 bits per heavy atom. The first-order valence-corrected chi connectivity index (χ1v) is 18.9. The van der Waals surface area contributed by atoms with E-state index >= 15 is 0 Å². The Morgan fingerprint density at radius 3 is 2.11 bits per heavy atom. The summed E-state index contributed by atoms with van der Waals surface area (Å²) in [5, 5.41) is 5.76. The maximum absolute atomic E-state index is 4.84. The number of benzene rings is 3. The molecular weight excluding hydrogens is 655 g/mol. The van der Waals surface area contributed by atoms with Crippen LogP contribution in [0.5, 0.6) is 0 Å². The standard InChI is InChI=1S/C27H29.C14H19.2ClH.Zr/c1-17-24(27(5,6)7)16-22-21-15-20(26(2,3)4)13-12-19(21)14-23(22)25(17)18-10-8-9-11-18;1-3-7-13(8-4-1)11-12-14-9-5-2-6-10-14;;;/h8-10,12-13,15-16H,1,11H2,2-7H3;1,3-4,7-8,12,14H,2,5-6,9-11H2;2*1H;/q;;;;+2/p-2. The summed E-state index contributed by atoms with van der Waals surface area (Å²) in [5.41, 5.74) is 8.99. The monoisotopic (exact) mass is 700 g/mol. The molecule has 3 aromatic carbocycles. The third-order valence-electron chi connectivity index (χ3n) is 9.88. The van der Waals surface area contributed by atoms with Crippen molar-refractivity contribution in [2.45, 2.75) is 101 Å². The SMILES string of the molecule is C=c1c(C(C)(C)C)cc2c(c1C1=CC=CC1)[C]([Zr+2][CH](Cc1ccccc1)C1CCCCC1)=c1ccc(C(C)(C)C)cc1=2.[Cl-].[Cl-]. The Hall–Kier alpha value is -1.66. The summed E-state index contributed by atoms with van der Waals surface area (Å²) in [6.07, 6.45) is 16.3. The van der Waals surface area contributed by atoms with Gasteiger partial charge in [-0.15, -0.1) is 0 Å². The summed E-state index contributed by atoms with van der Waals surface area (Å²) >= 11 is -1.01. The minimum absolute atomic E-state index is 0. The molecule has 0 aliphatic heterocycles. The van der Waals surface area contributed by atoms with Crippen LogP contribution in [-0.2, 0) is 40.5 Å². The zero-order valence-corrected chi connectivity index (χ0v) is 31.5. The van der Waals surface area contributed by atoms with E-state index in [9.17, 15) is 0 Å². The molecule has 0 spiro atoms. The normalized spacial score (nSPS) is 16.8. The van der Waals surface area contributed by atoms with Crippen LogP contribution in [0.2, 0.25) is 3.63 Å². The van der Waals surface area contributed by atoms with E-state index in [1.165, 1.54) is 87.2 Å². The van der Waals surface area contributed by atoms with Gasteiger partial charge in [0.2, 0.25) is 0 Å². The van der Waals surface area contributed by atoms with Crippen LogP contribution in [0, 0.1) is 16.4 Å². The van der Waals surface area contributed by atoms with Crippen LogP contribution in [0.1, 0.15) is 108 Å². The van der Waals surface area contributed by atoms with Gasteiger partial charge in [0.05, 0.1) is 0 Å². The number of halogens is 2. The second kappa shape index (κ2) is 14.0.